The molecule has 5 heteroatoms. The summed E-state index contributed by atoms with van der Waals surface area (Å²) in [4.78, 5) is 10.1. The van der Waals surface area contributed by atoms with E-state index in [9.17, 15) is 0 Å². The Morgan fingerprint density at radius 3 is 2.65 bits per heavy atom. The zero-order chi connectivity index (χ0) is 12.1. The highest BCUT2D eigenvalue weighted by molar-refractivity contribution is 7.16. The molecule has 0 radical (unpaired) electrons. The number of aromatic nitrogens is 2. The van der Waals surface area contributed by atoms with Gasteiger partial charge in [0.1, 0.15) is 10.6 Å². The molecule has 0 aliphatic carbocycles. The summed E-state index contributed by atoms with van der Waals surface area (Å²) in [6, 6.07) is 2.07. The molecule has 4 nitrogen and oxygen atoms in total. The Morgan fingerprint density at radius 2 is 1.88 bits per heavy atom. The van der Waals surface area contributed by atoms with Crippen molar-refractivity contribution in [2.45, 2.75) is 26.7 Å². The fourth-order valence-electron chi connectivity index (χ4n) is 1.55. The molecule has 0 atom stereocenters. The molecule has 0 aromatic carbocycles. The third-order valence-corrected chi connectivity index (χ3v) is 3.21. The molecule has 0 unspecified atom stereocenters. The monoisotopic (exact) mass is 250 g/mol. The van der Waals surface area contributed by atoms with Crippen LogP contribution in [-0.2, 0) is 0 Å². The highest BCUT2D eigenvalue weighted by Gasteiger charge is 2.07. The minimum atomic E-state index is 0.723. The maximum atomic E-state index is 4.52. The van der Waals surface area contributed by atoms with Crippen molar-refractivity contribution in [1.29, 1.82) is 0 Å². The molecule has 2 rings (SSSR count). The number of anilines is 2. The van der Waals surface area contributed by atoms with Crippen LogP contribution in [0.1, 0.15) is 26.7 Å². The van der Waals surface area contributed by atoms with Gasteiger partial charge in [-0.15, -0.1) is 11.3 Å². The number of thiophene rings is 1. The van der Waals surface area contributed by atoms with Gasteiger partial charge in [-0.05, 0) is 24.3 Å². The van der Waals surface area contributed by atoms with Crippen LogP contribution in [0.4, 0.5) is 11.8 Å². The minimum Gasteiger partial charge on any atom is -0.369 e. The van der Waals surface area contributed by atoms with Gasteiger partial charge in [-0.25, -0.2) is 4.98 Å². The fourth-order valence-corrected chi connectivity index (χ4v) is 2.31. The second-order valence-electron chi connectivity index (χ2n) is 3.89. The van der Waals surface area contributed by atoms with E-state index in [1.807, 2.05) is 0 Å². The summed E-state index contributed by atoms with van der Waals surface area (Å²) in [6.07, 6.45) is 2.16. The van der Waals surface area contributed by atoms with Crippen molar-refractivity contribution >= 4 is 33.3 Å². The zero-order valence-electron chi connectivity index (χ0n) is 10.3. The first kappa shape index (κ1) is 12.1. The van der Waals surface area contributed by atoms with E-state index < -0.39 is 0 Å². The first-order valence-electron chi connectivity index (χ1n) is 6.08. The Labute approximate surface area is 105 Å². The van der Waals surface area contributed by atoms with Crippen LogP contribution in [0.3, 0.4) is 0 Å². The molecule has 2 N–H and O–H groups in total. The van der Waals surface area contributed by atoms with Gasteiger partial charge >= 0.3 is 0 Å². The van der Waals surface area contributed by atoms with Crippen molar-refractivity contribution in [3.63, 3.8) is 0 Å². The van der Waals surface area contributed by atoms with Crippen molar-refractivity contribution in [1.82, 2.24) is 9.97 Å². The maximum Gasteiger partial charge on any atom is 0.226 e. The molecule has 0 spiro atoms. The van der Waals surface area contributed by atoms with E-state index in [2.05, 4.69) is 45.9 Å². The highest BCUT2D eigenvalue weighted by atomic mass is 32.1. The number of hydrogen-bond acceptors (Lipinski definition) is 5. The van der Waals surface area contributed by atoms with Gasteiger partial charge in [0, 0.05) is 13.1 Å². The van der Waals surface area contributed by atoms with E-state index in [0.29, 0.717) is 0 Å². The summed E-state index contributed by atoms with van der Waals surface area (Å²) in [5.41, 5.74) is 0. The van der Waals surface area contributed by atoms with Crippen LogP contribution in [-0.4, -0.2) is 23.1 Å². The topological polar surface area (TPSA) is 49.8 Å². The van der Waals surface area contributed by atoms with Crippen LogP contribution >= 0.6 is 11.3 Å². The summed E-state index contributed by atoms with van der Waals surface area (Å²) < 4.78 is 0. The van der Waals surface area contributed by atoms with Gasteiger partial charge in [-0.2, -0.15) is 4.98 Å². The number of rotatable bonds is 6. The molecule has 92 valence electrons. The molecule has 2 aromatic heterocycles. The predicted molar refractivity (Wildman–Crippen MR) is 75.0 cm³/mol. The lowest BCUT2D eigenvalue weighted by Crippen LogP contribution is -2.08. The van der Waals surface area contributed by atoms with Crippen molar-refractivity contribution in [3.05, 3.63) is 11.4 Å². The maximum absolute atomic E-state index is 4.52. The van der Waals surface area contributed by atoms with E-state index in [1.165, 1.54) is 0 Å². The first-order chi connectivity index (χ1) is 8.35. The highest BCUT2D eigenvalue weighted by Crippen LogP contribution is 2.26. The molecule has 0 aliphatic heterocycles. The smallest absolute Gasteiger partial charge is 0.226 e. The average Bonchev–Trinajstić information content (AvgIpc) is 2.81. The number of fused-ring (bicyclic) bond motifs is 1. The SMILES string of the molecule is CCCNc1nc(NCCC)c2ccsc2n1. The van der Waals surface area contributed by atoms with Gasteiger partial charge in [-0.3, -0.25) is 0 Å². The molecule has 0 aliphatic rings. The Hall–Kier alpha value is -1.36. The Balaban J connectivity index is 2.29. The Morgan fingerprint density at radius 1 is 1.12 bits per heavy atom. The van der Waals surface area contributed by atoms with Crippen molar-refractivity contribution in [2.75, 3.05) is 23.7 Å². The Kier molecular flexibility index (Phi) is 4.14. The summed E-state index contributed by atoms with van der Waals surface area (Å²) >= 11 is 1.65. The molecule has 2 heterocycles. The molecule has 0 bridgehead atoms. The average molecular weight is 250 g/mol. The zero-order valence-corrected chi connectivity index (χ0v) is 11.1. The van der Waals surface area contributed by atoms with Crippen LogP contribution in [0, 0.1) is 0 Å². The van der Waals surface area contributed by atoms with E-state index in [1.54, 1.807) is 11.3 Å². The lowest BCUT2D eigenvalue weighted by Gasteiger charge is -2.08. The lowest BCUT2D eigenvalue weighted by atomic mass is 10.3. The van der Waals surface area contributed by atoms with Gasteiger partial charge in [0.05, 0.1) is 5.39 Å². The van der Waals surface area contributed by atoms with Crippen molar-refractivity contribution in [2.24, 2.45) is 0 Å². The minimum absolute atomic E-state index is 0.723. The predicted octanol–water partition coefficient (Wildman–Crippen LogP) is 3.34. The molecule has 2 aromatic rings. The largest absolute Gasteiger partial charge is 0.369 e. The normalized spacial score (nSPS) is 10.7. The second kappa shape index (κ2) is 5.82. The number of hydrogen-bond donors (Lipinski definition) is 2. The van der Waals surface area contributed by atoms with Crippen LogP contribution in [0.5, 0.6) is 0 Å². The summed E-state index contributed by atoms with van der Waals surface area (Å²) in [5.74, 6) is 1.66. The van der Waals surface area contributed by atoms with Gasteiger partial charge in [0.15, 0.2) is 0 Å². The summed E-state index contributed by atoms with van der Waals surface area (Å²) in [7, 11) is 0. The molecule has 0 fully saturated rings. The van der Waals surface area contributed by atoms with Gasteiger partial charge < -0.3 is 10.6 Å². The molecule has 0 saturated carbocycles. The van der Waals surface area contributed by atoms with Crippen molar-refractivity contribution < 1.29 is 0 Å². The summed E-state index contributed by atoms with van der Waals surface area (Å²) in [6.45, 7) is 6.13. The molecule has 17 heavy (non-hydrogen) atoms. The standard InChI is InChI=1S/C12H18N4S/c1-3-6-13-10-9-5-8-17-11(9)16-12(15-10)14-7-4-2/h5,8H,3-4,6-7H2,1-2H3,(H2,13,14,15,16). The van der Waals surface area contributed by atoms with Gasteiger partial charge in [0.25, 0.3) is 0 Å². The van der Waals surface area contributed by atoms with Crippen molar-refractivity contribution in [3.8, 4) is 0 Å². The third-order valence-electron chi connectivity index (χ3n) is 2.40. The van der Waals surface area contributed by atoms with Crippen LogP contribution in [0.2, 0.25) is 0 Å². The molecular formula is C12H18N4S. The van der Waals surface area contributed by atoms with Crippen LogP contribution in [0.25, 0.3) is 10.2 Å². The molecule has 0 saturated heterocycles. The second-order valence-corrected chi connectivity index (χ2v) is 4.78. The van der Waals surface area contributed by atoms with Gasteiger partial charge in [0.2, 0.25) is 5.95 Å². The lowest BCUT2D eigenvalue weighted by molar-refractivity contribution is 0.947. The number of nitrogens with zero attached hydrogens (tertiary/aromatic N) is 2. The van der Waals surface area contributed by atoms with E-state index >= 15 is 0 Å². The third kappa shape index (κ3) is 2.85. The summed E-state index contributed by atoms with van der Waals surface area (Å²) in [5, 5.41) is 9.77. The quantitative estimate of drug-likeness (QED) is 0.825. The van der Waals surface area contributed by atoms with E-state index in [4.69, 9.17) is 0 Å². The van der Waals surface area contributed by atoms with Crippen LogP contribution < -0.4 is 10.6 Å². The van der Waals surface area contributed by atoms with Gasteiger partial charge in [-0.1, -0.05) is 13.8 Å². The van der Waals surface area contributed by atoms with E-state index in [-0.39, 0.29) is 0 Å². The van der Waals surface area contributed by atoms with E-state index in [0.717, 1.165) is 47.9 Å². The Bertz CT molecular complexity index is 480. The first-order valence-corrected chi connectivity index (χ1v) is 6.96. The molecular weight excluding hydrogens is 232 g/mol. The molecule has 0 amide bonds. The van der Waals surface area contributed by atoms with Crippen LogP contribution in [0.15, 0.2) is 11.4 Å². The fraction of sp³-hybridized carbons (Fsp3) is 0.500. The number of nitrogens with one attached hydrogen (secondary N) is 2.